The Kier molecular flexibility index (Phi) is 5.23. The van der Waals surface area contributed by atoms with Gasteiger partial charge in [0.1, 0.15) is 5.03 Å². The maximum absolute atomic E-state index is 12.2. The van der Waals surface area contributed by atoms with Crippen LogP contribution in [-0.2, 0) is 0 Å². The Morgan fingerprint density at radius 1 is 1.39 bits per heavy atom. The molecule has 0 aromatic carbocycles. The van der Waals surface area contributed by atoms with E-state index in [9.17, 15) is 4.79 Å². The summed E-state index contributed by atoms with van der Waals surface area (Å²) in [5.41, 5.74) is 1.14. The highest BCUT2D eigenvalue weighted by molar-refractivity contribution is 7.99. The molecule has 2 aromatic rings. The predicted octanol–water partition coefficient (Wildman–Crippen LogP) is 4.16. The lowest BCUT2D eigenvalue weighted by molar-refractivity contribution is 0.0956. The van der Waals surface area contributed by atoms with E-state index in [2.05, 4.69) is 35.1 Å². The number of carbonyl (C=O) groups excluding carboxylic acids is 1. The number of fused-ring (bicyclic) bond motifs is 1. The Balaban J connectivity index is 1.71. The molecule has 0 saturated heterocycles. The zero-order valence-corrected chi connectivity index (χ0v) is 15.0. The molecule has 0 spiro atoms. The Labute approximate surface area is 145 Å². The topological polar surface area (TPSA) is 45.2 Å². The van der Waals surface area contributed by atoms with E-state index < -0.39 is 0 Å². The summed E-state index contributed by atoms with van der Waals surface area (Å²) in [7, 11) is 0. The highest BCUT2D eigenvalue weighted by Crippen LogP contribution is 2.39. The van der Waals surface area contributed by atoms with Crippen LogP contribution in [0.15, 0.2) is 35.5 Å². The fraction of sp³-hybridized carbons (Fsp3) is 0.412. The first-order valence-corrected chi connectivity index (χ1v) is 9.69. The molecule has 23 heavy (non-hydrogen) atoms. The minimum absolute atomic E-state index is 0.0275. The predicted molar refractivity (Wildman–Crippen MR) is 98.1 cm³/mol. The molecule has 0 fully saturated rings. The van der Waals surface area contributed by atoms with Gasteiger partial charge >= 0.3 is 0 Å². The molecule has 1 amide bonds. The highest BCUT2D eigenvalue weighted by Gasteiger charge is 2.21. The molecule has 0 unspecified atom stereocenters. The molecule has 4 nitrogen and oxygen atoms in total. The van der Waals surface area contributed by atoms with Crippen molar-refractivity contribution in [2.75, 3.05) is 23.7 Å². The van der Waals surface area contributed by atoms with Gasteiger partial charge in [0, 0.05) is 25.0 Å². The Morgan fingerprint density at radius 2 is 2.26 bits per heavy atom. The molecule has 0 bridgehead atoms. The van der Waals surface area contributed by atoms with Crippen LogP contribution in [0.4, 0.5) is 10.7 Å². The van der Waals surface area contributed by atoms with Crippen LogP contribution < -0.4 is 10.2 Å². The van der Waals surface area contributed by atoms with E-state index in [1.54, 1.807) is 23.1 Å². The number of carbonyl (C=O) groups is 1. The van der Waals surface area contributed by atoms with Gasteiger partial charge in [0.2, 0.25) is 0 Å². The van der Waals surface area contributed by atoms with Gasteiger partial charge in [0.05, 0.1) is 15.6 Å². The highest BCUT2D eigenvalue weighted by atomic mass is 32.2. The summed E-state index contributed by atoms with van der Waals surface area (Å²) in [4.78, 5) is 19.7. The molecule has 1 aliphatic rings. The van der Waals surface area contributed by atoms with Gasteiger partial charge in [-0.3, -0.25) is 4.79 Å². The van der Waals surface area contributed by atoms with E-state index in [4.69, 9.17) is 0 Å². The second-order valence-electron chi connectivity index (χ2n) is 5.90. The average Bonchev–Trinajstić information content (AvgIpc) is 3.04. The molecule has 3 rings (SSSR count). The van der Waals surface area contributed by atoms with Crippen LogP contribution in [0.1, 0.15) is 29.9 Å². The smallest absolute Gasteiger partial charge is 0.261 e. The molecule has 122 valence electrons. The van der Waals surface area contributed by atoms with Crippen molar-refractivity contribution >= 4 is 39.7 Å². The quantitative estimate of drug-likeness (QED) is 0.882. The molecule has 0 atom stereocenters. The van der Waals surface area contributed by atoms with Crippen LogP contribution in [0, 0.1) is 5.92 Å². The fourth-order valence-electron chi connectivity index (χ4n) is 2.44. The molecular weight excluding hydrogens is 326 g/mol. The van der Waals surface area contributed by atoms with Crippen molar-refractivity contribution in [2.24, 2.45) is 5.92 Å². The van der Waals surface area contributed by atoms with Crippen molar-refractivity contribution < 1.29 is 4.79 Å². The number of thioether (sulfide) groups is 1. The normalized spacial score (nSPS) is 14.0. The molecule has 0 aliphatic carbocycles. The number of hydrogen-bond acceptors (Lipinski definition) is 5. The SMILES string of the molecule is CC(C)CCNC(=O)c1ccc(N2CCSc3ncccc32)s1. The Hall–Kier alpha value is -1.53. The third-order valence-corrected chi connectivity index (χ3v) is 5.77. The maximum Gasteiger partial charge on any atom is 0.261 e. The molecule has 1 N–H and O–H groups in total. The number of amides is 1. The number of rotatable bonds is 5. The number of nitrogens with one attached hydrogen (secondary N) is 1. The van der Waals surface area contributed by atoms with Crippen molar-refractivity contribution in [2.45, 2.75) is 25.3 Å². The molecule has 1 aliphatic heterocycles. The number of thiophene rings is 1. The van der Waals surface area contributed by atoms with Gasteiger partial charge in [-0.2, -0.15) is 0 Å². The van der Waals surface area contributed by atoms with Gasteiger partial charge in [-0.1, -0.05) is 13.8 Å². The Bertz CT molecular complexity index is 684. The molecule has 0 saturated carbocycles. The fourth-order valence-corrected chi connectivity index (χ4v) is 4.33. The maximum atomic E-state index is 12.2. The molecule has 0 radical (unpaired) electrons. The molecule has 3 heterocycles. The number of aromatic nitrogens is 1. The summed E-state index contributed by atoms with van der Waals surface area (Å²) < 4.78 is 0. The largest absolute Gasteiger partial charge is 0.351 e. The van der Waals surface area contributed by atoms with Crippen molar-refractivity contribution in [1.29, 1.82) is 0 Å². The van der Waals surface area contributed by atoms with E-state index in [1.807, 2.05) is 24.4 Å². The van der Waals surface area contributed by atoms with Crippen LogP contribution in [-0.4, -0.2) is 29.7 Å². The first kappa shape index (κ1) is 16.3. The lowest BCUT2D eigenvalue weighted by Gasteiger charge is -2.28. The van der Waals surface area contributed by atoms with Crippen LogP contribution in [0.3, 0.4) is 0 Å². The average molecular weight is 348 g/mol. The zero-order chi connectivity index (χ0) is 16.2. The van der Waals surface area contributed by atoms with Gasteiger partial charge < -0.3 is 10.2 Å². The molecular formula is C17H21N3OS2. The van der Waals surface area contributed by atoms with Gasteiger partial charge in [0.25, 0.3) is 5.91 Å². The van der Waals surface area contributed by atoms with E-state index >= 15 is 0 Å². The zero-order valence-electron chi connectivity index (χ0n) is 13.4. The first-order chi connectivity index (χ1) is 11.1. The van der Waals surface area contributed by atoms with Crippen LogP contribution in [0.25, 0.3) is 0 Å². The summed E-state index contributed by atoms with van der Waals surface area (Å²) in [6, 6.07) is 8.01. The minimum Gasteiger partial charge on any atom is -0.351 e. The standard InChI is InChI=1S/C17H21N3OS2/c1-12(2)7-9-18-16(21)14-5-6-15(23-14)20-10-11-22-17-13(20)4-3-8-19-17/h3-6,8,12H,7,9-11H2,1-2H3,(H,18,21). The van der Waals surface area contributed by atoms with Crippen molar-refractivity contribution in [3.05, 3.63) is 35.3 Å². The number of pyridine rings is 1. The van der Waals surface area contributed by atoms with Crippen molar-refractivity contribution in [1.82, 2.24) is 10.3 Å². The molecule has 2 aromatic heterocycles. The van der Waals surface area contributed by atoms with Crippen molar-refractivity contribution in [3.8, 4) is 0 Å². The van der Waals surface area contributed by atoms with Crippen LogP contribution >= 0.6 is 23.1 Å². The van der Waals surface area contributed by atoms with E-state index in [0.717, 1.165) is 45.9 Å². The third kappa shape index (κ3) is 3.87. The summed E-state index contributed by atoms with van der Waals surface area (Å²) >= 11 is 3.33. The van der Waals surface area contributed by atoms with Gasteiger partial charge in [0.15, 0.2) is 0 Å². The lowest BCUT2D eigenvalue weighted by Crippen LogP contribution is -2.24. The number of nitrogens with zero attached hydrogens (tertiary/aromatic N) is 2. The summed E-state index contributed by atoms with van der Waals surface area (Å²) in [5.74, 6) is 1.64. The van der Waals surface area contributed by atoms with Crippen molar-refractivity contribution in [3.63, 3.8) is 0 Å². The summed E-state index contributed by atoms with van der Waals surface area (Å²) in [5, 5.41) is 5.17. The lowest BCUT2D eigenvalue weighted by atomic mass is 10.1. The van der Waals surface area contributed by atoms with Gasteiger partial charge in [-0.25, -0.2) is 4.98 Å². The summed E-state index contributed by atoms with van der Waals surface area (Å²) in [6.07, 6.45) is 2.84. The van der Waals surface area contributed by atoms with Gasteiger partial charge in [-0.05, 0) is 36.6 Å². The minimum atomic E-state index is 0.0275. The number of hydrogen-bond donors (Lipinski definition) is 1. The van der Waals surface area contributed by atoms with E-state index in [-0.39, 0.29) is 5.91 Å². The van der Waals surface area contributed by atoms with E-state index in [1.165, 1.54) is 0 Å². The Morgan fingerprint density at radius 3 is 3.09 bits per heavy atom. The monoisotopic (exact) mass is 347 g/mol. The number of anilines is 2. The first-order valence-electron chi connectivity index (χ1n) is 7.88. The molecule has 6 heteroatoms. The third-order valence-electron chi connectivity index (χ3n) is 3.68. The van der Waals surface area contributed by atoms with Crippen LogP contribution in [0.5, 0.6) is 0 Å². The second-order valence-corrected chi connectivity index (χ2v) is 8.05. The van der Waals surface area contributed by atoms with E-state index in [0.29, 0.717) is 5.92 Å². The second kappa shape index (κ2) is 7.36. The van der Waals surface area contributed by atoms with Gasteiger partial charge in [-0.15, -0.1) is 23.1 Å². The summed E-state index contributed by atoms with van der Waals surface area (Å²) in [6.45, 7) is 6.00. The van der Waals surface area contributed by atoms with Crippen LogP contribution in [0.2, 0.25) is 0 Å².